The molecule has 2 rings (SSSR count). The summed E-state index contributed by atoms with van der Waals surface area (Å²) in [6, 6.07) is 10.8. The fraction of sp³-hybridized carbons (Fsp3) is 0.636. The number of amides is 1. The molecule has 0 radical (unpaired) electrons. The molecule has 1 aliphatic heterocycles. The quantitative estimate of drug-likeness (QED) is 0.716. The van der Waals surface area contributed by atoms with Crippen molar-refractivity contribution in [3.8, 4) is 0 Å². The predicted octanol–water partition coefficient (Wildman–Crippen LogP) is 4.58. The molecule has 28 heavy (non-hydrogen) atoms. The average Bonchev–Trinajstić information content (AvgIpc) is 2.64. The zero-order valence-electron chi connectivity index (χ0n) is 18.0. The molecule has 0 aliphatic carbocycles. The van der Waals surface area contributed by atoms with Crippen LogP contribution in [0.2, 0.25) is 0 Å². The lowest BCUT2D eigenvalue weighted by Gasteiger charge is -2.45. The fourth-order valence-corrected chi connectivity index (χ4v) is 4.44. The molecule has 1 amide bonds. The van der Waals surface area contributed by atoms with Crippen LogP contribution in [0.15, 0.2) is 30.3 Å². The van der Waals surface area contributed by atoms with Gasteiger partial charge in [-0.1, -0.05) is 42.1 Å². The number of rotatable bonds is 5. The van der Waals surface area contributed by atoms with E-state index in [1.165, 1.54) is 17.3 Å². The van der Waals surface area contributed by atoms with Crippen molar-refractivity contribution in [1.82, 2.24) is 9.80 Å². The van der Waals surface area contributed by atoms with Crippen LogP contribution < -0.4 is 0 Å². The maximum atomic E-state index is 12.6. The number of likely N-dealkylation sites (N-methyl/N-ethyl adjacent to an activating group) is 1. The van der Waals surface area contributed by atoms with Gasteiger partial charge in [-0.25, -0.2) is 4.79 Å². The van der Waals surface area contributed by atoms with Crippen molar-refractivity contribution in [2.45, 2.75) is 58.7 Å². The predicted molar refractivity (Wildman–Crippen MR) is 115 cm³/mol. The minimum Gasteiger partial charge on any atom is -0.444 e. The van der Waals surface area contributed by atoms with Crippen molar-refractivity contribution >= 4 is 23.0 Å². The van der Waals surface area contributed by atoms with Crippen molar-refractivity contribution in [3.05, 3.63) is 35.9 Å². The molecule has 1 saturated heterocycles. The van der Waals surface area contributed by atoms with E-state index in [4.69, 9.17) is 4.74 Å². The van der Waals surface area contributed by atoms with Crippen LogP contribution >= 0.6 is 11.8 Å². The van der Waals surface area contributed by atoms with Crippen molar-refractivity contribution < 1.29 is 14.3 Å². The van der Waals surface area contributed by atoms with Gasteiger partial charge in [0, 0.05) is 37.8 Å². The average molecular weight is 407 g/mol. The fourth-order valence-electron chi connectivity index (χ4n) is 3.61. The third kappa shape index (κ3) is 6.52. The molecule has 1 aliphatic rings. The van der Waals surface area contributed by atoms with Crippen LogP contribution in [-0.4, -0.2) is 58.5 Å². The van der Waals surface area contributed by atoms with E-state index in [2.05, 4.69) is 43.1 Å². The number of ether oxygens (including phenoxy) is 1. The first-order chi connectivity index (χ1) is 13.1. The number of benzene rings is 1. The number of likely N-dealkylation sites (tertiary alicyclic amines) is 1. The molecule has 5 nitrogen and oxygen atoms in total. The molecule has 0 spiro atoms. The minimum atomic E-state index is -0.503. The Bertz CT molecular complexity index is 659. The van der Waals surface area contributed by atoms with Crippen LogP contribution in [0.4, 0.5) is 4.79 Å². The summed E-state index contributed by atoms with van der Waals surface area (Å²) in [5.74, 6) is 1.14. The summed E-state index contributed by atoms with van der Waals surface area (Å²) in [6.45, 7) is 10.8. The number of thioether (sulfide) groups is 1. The van der Waals surface area contributed by atoms with Gasteiger partial charge in [-0.2, -0.15) is 0 Å². The highest BCUT2D eigenvalue weighted by Gasteiger charge is 2.37. The van der Waals surface area contributed by atoms with E-state index in [9.17, 15) is 9.59 Å². The van der Waals surface area contributed by atoms with Crippen LogP contribution in [-0.2, 0) is 9.53 Å². The minimum absolute atomic E-state index is 0.145. The van der Waals surface area contributed by atoms with E-state index in [1.807, 2.05) is 31.7 Å². The van der Waals surface area contributed by atoms with Gasteiger partial charge in [0.2, 0.25) is 0 Å². The molecule has 0 N–H and O–H groups in total. The Morgan fingerprint density at radius 2 is 1.93 bits per heavy atom. The Balaban J connectivity index is 2.16. The summed E-state index contributed by atoms with van der Waals surface area (Å²) < 4.78 is 5.59. The standard InChI is InChI=1S/C22H34N2O3S/c1-16(18-10-8-7-9-11-18)23(6)20-14-24(21(26)27-22(3,4)5)13-12-19(20)15-28-17(2)25/h7-11,16,19-20H,12-15H2,1-6H3/t16-,19+,20+/m1/s1. The zero-order valence-corrected chi connectivity index (χ0v) is 18.8. The van der Waals surface area contributed by atoms with Crippen molar-refractivity contribution in [3.63, 3.8) is 0 Å². The first kappa shape index (κ1) is 22.8. The first-order valence-electron chi connectivity index (χ1n) is 9.96. The SMILES string of the molecule is CC(=O)SC[C@@H]1CCN(C(=O)OC(C)(C)C)C[C@@H]1N(C)[C@H](C)c1ccccc1. The van der Waals surface area contributed by atoms with Gasteiger partial charge in [0.05, 0.1) is 0 Å². The maximum Gasteiger partial charge on any atom is 0.410 e. The molecule has 0 bridgehead atoms. The maximum absolute atomic E-state index is 12.6. The summed E-state index contributed by atoms with van der Waals surface area (Å²) in [4.78, 5) is 28.3. The lowest BCUT2D eigenvalue weighted by Crippen LogP contribution is -2.55. The Hall–Kier alpha value is -1.53. The normalized spacial score (nSPS) is 21.5. The van der Waals surface area contributed by atoms with Crippen LogP contribution in [0.3, 0.4) is 0 Å². The van der Waals surface area contributed by atoms with E-state index in [0.29, 0.717) is 19.0 Å². The van der Waals surface area contributed by atoms with E-state index in [0.717, 1.165) is 12.2 Å². The van der Waals surface area contributed by atoms with Gasteiger partial charge in [-0.15, -0.1) is 0 Å². The monoisotopic (exact) mass is 406 g/mol. The van der Waals surface area contributed by atoms with Crippen molar-refractivity contribution in [2.24, 2.45) is 5.92 Å². The smallest absolute Gasteiger partial charge is 0.410 e. The van der Waals surface area contributed by atoms with Gasteiger partial charge >= 0.3 is 6.09 Å². The topological polar surface area (TPSA) is 49.9 Å². The van der Waals surface area contributed by atoms with Crippen molar-refractivity contribution in [1.29, 1.82) is 0 Å². The third-order valence-electron chi connectivity index (χ3n) is 5.29. The summed E-state index contributed by atoms with van der Waals surface area (Å²) in [7, 11) is 2.12. The Morgan fingerprint density at radius 3 is 2.50 bits per heavy atom. The van der Waals surface area contributed by atoms with E-state index >= 15 is 0 Å². The highest BCUT2D eigenvalue weighted by Crippen LogP contribution is 2.31. The van der Waals surface area contributed by atoms with Crippen LogP contribution in [0.5, 0.6) is 0 Å². The summed E-state index contributed by atoms with van der Waals surface area (Å²) in [5, 5.41) is 0.145. The van der Waals surface area contributed by atoms with Gasteiger partial charge in [0.25, 0.3) is 0 Å². The lowest BCUT2D eigenvalue weighted by molar-refractivity contribution is -0.109. The third-order valence-corrected chi connectivity index (χ3v) is 6.29. The molecule has 0 aromatic heterocycles. The van der Waals surface area contributed by atoms with E-state index in [-0.39, 0.29) is 23.3 Å². The Labute approximate surface area is 173 Å². The number of hydrogen-bond acceptors (Lipinski definition) is 5. The van der Waals surface area contributed by atoms with E-state index < -0.39 is 5.60 Å². The van der Waals surface area contributed by atoms with E-state index in [1.54, 1.807) is 6.92 Å². The van der Waals surface area contributed by atoms with Gasteiger partial charge in [-0.3, -0.25) is 9.69 Å². The van der Waals surface area contributed by atoms with Gasteiger partial charge in [0.1, 0.15) is 5.60 Å². The molecule has 0 unspecified atom stereocenters. The van der Waals surface area contributed by atoms with Crippen molar-refractivity contribution in [2.75, 3.05) is 25.9 Å². The van der Waals surface area contributed by atoms with Crippen LogP contribution in [0, 0.1) is 5.92 Å². The second-order valence-corrected chi connectivity index (χ2v) is 9.79. The molecular weight excluding hydrogens is 372 g/mol. The number of hydrogen-bond donors (Lipinski definition) is 0. The molecule has 6 heteroatoms. The van der Waals surface area contributed by atoms with Gasteiger partial charge in [0.15, 0.2) is 5.12 Å². The molecule has 156 valence electrons. The lowest BCUT2D eigenvalue weighted by atomic mass is 9.90. The number of carbonyl (C=O) groups is 2. The Morgan fingerprint density at radius 1 is 1.29 bits per heavy atom. The van der Waals surface area contributed by atoms with Crippen LogP contribution in [0.25, 0.3) is 0 Å². The number of carbonyl (C=O) groups excluding carboxylic acids is 2. The molecule has 1 aromatic rings. The zero-order chi connectivity index (χ0) is 20.9. The summed E-state index contributed by atoms with van der Waals surface area (Å²) in [6.07, 6.45) is 0.617. The molecule has 1 aromatic carbocycles. The molecular formula is C22H34N2O3S. The highest BCUT2D eigenvalue weighted by molar-refractivity contribution is 8.13. The molecule has 1 heterocycles. The summed E-state index contributed by atoms with van der Waals surface area (Å²) >= 11 is 1.39. The largest absolute Gasteiger partial charge is 0.444 e. The second-order valence-electron chi connectivity index (χ2n) is 8.60. The first-order valence-corrected chi connectivity index (χ1v) is 10.9. The number of piperidine rings is 1. The molecule has 0 saturated carbocycles. The second kappa shape index (κ2) is 9.79. The Kier molecular flexibility index (Phi) is 7.96. The van der Waals surface area contributed by atoms with Crippen LogP contribution in [0.1, 0.15) is 52.6 Å². The summed E-state index contributed by atoms with van der Waals surface area (Å²) in [5.41, 5.74) is 0.745. The number of nitrogens with zero attached hydrogens (tertiary/aromatic N) is 2. The molecule has 3 atom stereocenters. The van der Waals surface area contributed by atoms with Gasteiger partial charge in [-0.05, 0) is 52.6 Å². The van der Waals surface area contributed by atoms with Gasteiger partial charge < -0.3 is 9.64 Å². The molecule has 1 fully saturated rings. The highest BCUT2D eigenvalue weighted by atomic mass is 32.2.